The third-order valence-electron chi connectivity index (χ3n) is 5.42. The molecular weight excluding hydrogens is 466 g/mol. The molecule has 4 rings (SSSR count). The van der Waals surface area contributed by atoms with Gasteiger partial charge in [0.2, 0.25) is 0 Å². The van der Waals surface area contributed by atoms with Crippen molar-refractivity contribution in [3.8, 4) is 11.5 Å². The zero-order valence-electron chi connectivity index (χ0n) is 19.6. The summed E-state index contributed by atoms with van der Waals surface area (Å²) < 4.78 is 18.6. The van der Waals surface area contributed by atoms with Gasteiger partial charge in [0.1, 0.15) is 18.1 Å². The summed E-state index contributed by atoms with van der Waals surface area (Å²) in [7, 11) is 1.32. The number of benzene rings is 3. The van der Waals surface area contributed by atoms with Crippen molar-refractivity contribution in [2.45, 2.75) is 26.0 Å². The number of thiazole rings is 1. The van der Waals surface area contributed by atoms with Gasteiger partial charge in [-0.3, -0.25) is 14.2 Å². The minimum Gasteiger partial charge on any atom is -0.492 e. The van der Waals surface area contributed by atoms with Crippen molar-refractivity contribution in [2.24, 2.45) is 0 Å². The molecule has 0 N–H and O–H groups in total. The van der Waals surface area contributed by atoms with Crippen LogP contribution >= 0.6 is 11.3 Å². The van der Waals surface area contributed by atoms with Gasteiger partial charge in [-0.15, -0.1) is 0 Å². The molecule has 8 heteroatoms. The van der Waals surface area contributed by atoms with Gasteiger partial charge in [-0.05, 0) is 56.3 Å². The highest BCUT2D eigenvalue weighted by atomic mass is 32.1. The second-order valence-corrected chi connectivity index (χ2v) is 9.31. The smallest absolute Gasteiger partial charge is 0.349 e. The van der Waals surface area contributed by atoms with Crippen LogP contribution in [-0.4, -0.2) is 35.6 Å². The van der Waals surface area contributed by atoms with Crippen LogP contribution in [-0.2, 0) is 16.1 Å². The van der Waals surface area contributed by atoms with Crippen molar-refractivity contribution < 1.29 is 23.8 Å². The molecule has 0 spiro atoms. The van der Waals surface area contributed by atoms with E-state index >= 15 is 0 Å². The van der Waals surface area contributed by atoms with Crippen molar-refractivity contribution in [1.29, 1.82) is 0 Å². The Hall–Kier alpha value is -3.91. The highest BCUT2D eigenvalue weighted by molar-refractivity contribution is 7.16. The highest BCUT2D eigenvalue weighted by Gasteiger charge is 2.31. The van der Waals surface area contributed by atoms with Crippen LogP contribution in [0.4, 0.5) is 0 Å². The maximum Gasteiger partial charge on any atom is 0.349 e. The molecule has 0 fully saturated rings. The summed E-state index contributed by atoms with van der Waals surface area (Å²) in [5.41, 5.74) is 0.814. The summed E-state index contributed by atoms with van der Waals surface area (Å²) in [4.78, 5) is 37.0. The number of hydrogen-bond donors (Lipinski definition) is 0. The Bertz CT molecular complexity index is 1400. The van der Waals surface area contributed by atoms with E-state index < -0.39 is 11.6 Å². The average molecular weight is 492 g/mol. The molecular formula is C27H25NO6S. The summed E-state index contributed by atoms with van der Waals surface area (Å²) in [6.07, 6.45) is 0. The molecule has 3 aromatic carbocycles. The van der Waals surface area contributed by atoms with Gasteiger partial charge < -0.3 is 14.2 Å². The monoisotopic (exact) mass is 491 g/mol. The van der Waals surface area contributed by atoms with Crippen LogP contribution in [0, 0.1) is 0 Å². The summed E-state index contributed by atoms with van der Waals surface area (Å²) in [6.45, 7) is 3.90. The van der Waals surface area contributed by atoms with Gasteiger partial charge in [0.05, 0.1) is 23.9 Å². The topological polar surface area (TPSA) is 83.8 Å². The third-order valence-corrected chi connectivity index (χ3v) is 6.37. The maximum atomic E-state index is 12.7. The van der Waals surface area contributed by atoms with Gasteiger partial charge in [-0.1, -0.05) is 41.7 Å². The van der Waals surface area contributed by atoms with Crippen LogP contribution in [0.1, 0.15) is 29.8 Å². The number of fused-ring (bicyclic) bond motifs is 1. The lowest BCUT2D eigenvalue weighted by Gasteiger charge is -2.23. The molecule has 0 saturated heterocycles. The zero-order chi connectivity index (χ0) is 25.0. The van der Waals surface area contributed by atoms with E-state index in [-0.39, 0.29) is 17.3 Å². The second kappa shape index (κ2) is 10.1. The minimum atomic E-state index is -1.11. The van der Waals surface area contributed by atoms with Crippen LogP contribution in [0.15, 0.2) is 77.6 Å². The van der Waals surface area contributed by atoms with Gasteiger partial charge in [0.25, 0.3) is 0 Å². The number of methoxy groups -OCH3 is 1. The molecule has 1 aromatic heterocycles. The summed E-state index contributed by atoms with van der Waals surface area (Å²) >= 11 is 1.11. The number of rotatable bonds is 9. The SMILES string of the molecule is COC(=O)C(C)(C)Oc1ccc(OCCn2c(=O)sc3cc(C(=O)c4ccccc4)ccc32)cc1. The molecule has 0 amide bonds. The first-order valence-corrected chi connectivity index (χ1v) is 11.8. The maximum absolute atomic E-state index is 12.7. The second-order valence-electron chi connectivity index (χ2n) is 8.32. The van der Waals surface area contributed by atoms with Gasteiger partial charge >= 0.3 is 10.8 Å². The standard InChI is InChI=1S/C27H25NO6S/c1-27(2,25(30)32-3)34-21-12-10-20(11-13-21)33-16-15-28-22-14-9-19(17-23(22)35-26(28)31)24(29)18-7-5-4-6-8-18/h4-14,17H,15-16H2,1-3H3. The summed E-state index contributed by atoms with van der Waals surface area (Å²) in [5.74, 6) is 0.568. The van der Waals surface area contributed by atoms with Crippen molar-refractivity contribution in [1.82, 2.24) is 4.57 Å². The quantitative estimate of drug-likeness (QED) is 0.249. The van der Waals surface area contributed by atoms with Crippen LogP contribution in [0.3, 0.4) is 0 Å². The molecule has 0 saturated carbocycles. The molecule has 0 aliphatic carbocycles. The largest absolute Gasteiger partial charge is 0.492 e. The summed E-state index contributed by atoms with van der Waals surface area (Å²) in [5, 5.41) is 0. The van der Waals surface area contributed by atoms with Crippen molar-refractivity contribution in [3.63, 3.8) is 0 Å². The Morgan fingerprint density at radius 3 is 2.29 bits per heavy atom. The third kappa shape index (κ3) is 5.44. The lowest BCUT2D eigenvalue weighted by atomic mass is 10.0. The van der Waals surface area contributed by atoms with Gasteiger partial charge in [-0.25, -0.2) is 4.79 Å². The Kier molecular flexibility index (Phi) is 7.02. The Labute approximate surface area is 206 Å². The lowest BCUT2D eigenvalue weighted by molar-refractivity contribution is -0.156. The van der Waals surface area contributed by atoms with E-state index in [1.807, 2.05) is 18.2 Å². The molecule has 0 aliphatic heterocycles. The van der Waals surface area contributed by atoms with Gasteiger partial charge in [0, 0.05) is 11.1 Å². The number of nitrogens with zero attached hydrogens (tertiary/aromatic N) is 1. The molecule has 0 bridgehead atoms. The molecule has 35 heavy (non-hydrogen) atoms. The number of aromatic nitrogens is 1. The van der Waals surface area contributed by atoms with Crippen LogP contribution < -0.4 is 14.3 Å². The molecule has 180 valence electrons. The van der Waals surface area contributed by atoms with Gasteiger partial charge in [-0.2, -0.15) is 0 Å². The van der Waals surface area contributed by atoms with E-state index in [9.17, 15) is 14.4 Å². The van der Waals surface area contributed by atoms with Gasteiger partial charge in [0.15, 0.2) is 11.4 Å². The highest BCUT2D eigenvalue weighted by Crippen LogP contribution is 2.24. The fraction of sp³-hybridized carbons (Fsp3) is 0.222. The van der Waals surface area contributed by atoms with Crippen LogP contribution in [0.25, 0.3) is 10.2 Å². The van der Waals surface area contributed by atoms with Crippen molar-refractivity contribution >= 4 is 33.3 Å². The predicted molar refractivity (Wildman–Crippen MR) is 135 cm³/mol. The number of carbonyl (C=O) groups is 2. The molecule has 0 atom stereocenters. The van der Waals surface area contributed by atoms with E-state index in [1.54, 1.807) is 73.0 Å². The Morgan fingerprint density at radius 1 is 0.914 bits per heavy atom. The van der Waals surface area contributed by atoms with E-state index in [1.165, 1.54) is 7.11 Å². The zero-order valence-corrected chi connectivity index (χ0v) is 20.5. The first-order valence-electron chi connectivity index (χ1n) is 11.0. The molecule has 0 aliphatic rings. The lowest BCUT2D eigenvalue weighted by Crippen LogP contribution is -2.39. The number of ether oxygens (including phenoxy) is 3. The predicted octanol–water partition coefficient (Wildman–Crippen LogP) is 4.70. The van der Waals surface area contributed by atoms with E-state index in [0.29, 0.717) is 29.2 Å². The summed E-state index contributed by atoms with van der Waals surface area (Å²) in [6, 6.07) is 21.3. The van der Waals surface area contributed by atoms with E-state index in [0.717, 1.165) is 21.6 Å². The first-order chi connectivity index (χ1) is 16.8. The Balaban J connectivity index is 1.40. The number of carbonyl (C=O) groups excluding carboxylic acids is 2. The van der Waals surface area contributed by atoms with Crippen molar-refractivity contribution in [2.75, 3.05) is 13.7 Å². The fourth-order valence-electron chi connectivity index (χ4n) is 3.62. The molecule has 0 unspecified atom stereocenters. The average Bonchev–Trinajstić information content (AvgIpc) is 3.18. The normalized spacial score (nSPS) is 11.3. The van der Waals surface area contributed by atoms with Crippen molar-refractivity contribution in [3.05, 3.63) is 93.6 Å². The van der Waals surface area contributed by atoms with E-state index in [2.05, 4.69) is 0 Å². The number of hydrogen-bond acceptors (Lipinski definition) is 7. The van der Waals surface area contributed by atoms with Crippen LogP contribution in [0.2, 0.25) is 0 Å². The minimum absolute atomic E-state index is 0.0781. The Morgan fingerprint density at radius 2 is 1.60 bits per heavy atom. The van der Waals surface area contributed by atoms with Crippen LogP contribution in [0.5, 0.6) is 11.5 Å². The molecule has 0 radical (unpaired) electrons. The first kappa shape index (κ1) is 24.2. The molecule has 4 aromatic rings. The molecule has 7 nitrogen and oxygen atoms in total. The number of ketones is 1. The number of esters is 1. The fourth-order valence-corrected chi connectivity index (χ4v) is 4.57. The molecule has 1 heterocycles. The van der Waals surface area contributed by atoms with E-state index in [4.69, 9.17) is 14.2 Å².